The molecule has 0 fully saturated rings. The second kappa shape index (κ2) is 7.01. The fourth-order valence-electron chi connectivity index (χ4n) is 2.07. The predicted octanol–water partition coefficient (Wildman–Crippen LogP) is 3.61. The van der Waals surface area contributed by atoms with Gasteiger partial charge in [0.2, 0.25) is 0 Å². The molecule has 0 unspecified atom stereocenters. The minimum absolute atomic E-state index is 0.330. The Bertz CT molecular complexity index is 763. The minimum Gasteiger partial charge on any atom is -0.423 e. The molecule has 22 heavy (non-hydrogen) atoms. The monoisotopic (exact) mass is 318 g/mol. The normalized spacial score (nSPS) is 12.3. The molecule has 2 N–H and O–H groups in total. The fourth-order valence-corrected chi connectivity index (χ4v) is 2.78. The van der Waals surface area contributed by atoms with Crippen LogP contribution < -0.4 is 11.4 Å². The van der Waals surface area contributed by atoms with E-state index in [2.05, 4.69) is 31.8 Å². The maximum absolute atomic E-state index is 11.7. The third-order valence-corrected chi connectivity index (χ3v) is 4.31. The Labute approximate surface area is 134 Å². The van der Waals surface area contributed by atoms with E-state index in [1.54, 1.807) is 6.07 Å². The molecule has 0 saturated carbocycles. The lowest BCUT2D eigenvalue weighted by molar-refractivity contribution is 0.559. The smallest absolute Gasteiger partial charge is 0.336 e. The van der Waals surface area contributed by atoms with Gasteiger partial charge in [-0.2, -0.15) is 0 Å². The van der Waals surface area contributed by atoms with Crippen LogP contribution in [0.15, 0.2) is 32.4 Å². The zero-order valence-electron chi connectivity index (χ0n) is 13.5. The Hall–Kier alpha value is -1.75. The van der Waals surface area contributed by atoms with Gasteiger partial charge in [-0.05, 0) is 48.6 Å². The Kier molecular flexibility index (Phi) is 5.29. The molecule has 1 aromatic carbocycles. The van der Waals surface area contributed by atoms with Gasteiger partial charge < -0.3 is 10.2 Å². The average molecular weight is 318 g/mol. The first-order valence-corrected chi connectivity index (χ1v) is 8.32. The number of nitrogens with two attached hydrogens (primary N) is 1. The highest BCUT2D eigenvalue weighted by Gasteiger charge is 2.09. The Morgan fingerprint density at radius 3 is 2.64 bits per heavy atom. The second-order valence-corrected chi connectivity index (χ2v) is 6.88. The lowest BCUT2D eigenvalue weighted by atomic mass is 10.0. The highest BCUT2D eigenvalue weighted by Crippen LogP contribution is 2.24. The van der Waals surface area contributed by atoms with Crippen LogP contribution in [-0.4, -0.2) is 11.7 Å². The molecule has 0 aliphatic heterocycles. The number of benzene rings is 1. The summed E-state index contributed by atoms with van der Waals surface area (Å²) >= 11 is 1.45. The van der Waals surface area contributed by atoms with Crippen molar-refractivity contribution in [1.82, 2.24) is 0 Å². The van der Waals surface area contributed by atoms with E-state index < -0.39 is 0 Å². The lowest BCUT2D eigenvalue weighted by Gasteiger charge is -2.08. The fraction of sp³-hybridized carbons (Fsp3) is 0.412. The molecule has 0 saturated heterocycles. The van der Waals surface area contributed by atoms with Gasteiger partial charge in [-0.25, -0.2) is 4.79 Å². The third kappa shape index (κ3) is 4.13. The molecule has 1 aromatic heterocycles. The number of aliphatic imine (C=N–C) groups is 1. The molecule has 2 aromatic rings. The predicted molar refractivity (Wildman–Crippen MR) is 94.6 cm³/mol. The largest absolute Gasteiger partial charge is 0.423 e. The number of fused-ring (bicyclic) bond motifs is 1. The van der Waals surface area contributed by atoms with E-state index in [1.165, 1.54) is 17.3 Å². The van der Waals surface area contributed by atoms with Crippen LogP contribution >= 0.6 is 11.8 Å². The van der Waals surface area contributed by atoms with Gasteiger partial charge in [0.05, 0.1) is 0 Å². The molecule has 0 aliphatic carbocycles. The molecule has 1 heterocycles. The zero-order valence-corrected chi connectivity index (χ0v) is 14.3. The molecule has 0 bridgehead atoms. The summed E-state index contributed by atoms with van der Waals surface area (Å²) in [6, 6.07) is 5.52. The van der Waals surface area contributed by atoms with Crippen LogP contribution in [0, 0.1) is 19.8 Å². The van der Waals surface area contributed by atoms with Gasteiger partial charge in [-0.1, -0.05) is 25.6 Å². The van der Waals surface area contributed by atoms with E-state index in [-0.39, 0.29) is 5.63 Å². The maximum Gasteiger partial charge on any atom is 0.336 e. The molecule has 0 amide bonds. The molecule has 0 atom stereocenters. The second-order valence-electron chi connectivity index (χ2n) is 5.88. The van der Waals surface area contributed by atoms with Crippen LogP contribution in [0.4, 0.5) is 0 Å². The molecule has 5 heteroatoms. The van der Waals surface area contributed by atoms with Crippen molar-refractivity contribution in [3.8, 4) is 0 Å². The molecule has 4 nitrogen and oxygen atoms in total. The van der Waals surface area contributed by atoms with Crippen LogP contribution in [0.3, 0.4) is 0 Å². The van der Waals surface area contributed by atoms with E-state index in [9.17, 15) is 4.79 Å². The SMILES string of the molecule is Cc1cc2oc(=O)cc(CSC(N)=NCC(C)C)c2cc1C. The van der Waals surface area contributed by atoms with Gasteiger partial charge in [0, 0.05) is 23.8 Å². The number of rotatable bonds is 4. The van der Waals surface area contributed by atoms with Gasteiger partial charge in [0.15, 0.2) is 5.17 Å². The van der Waals surface area contributed by atoms with Gasteiger partial charge >= 0.3 is 5.63 Å². The van der Waals surface area contributed by atoms with Gasteiger partial charge in [-0.15, -0.1) is 0 Å². The van der Waals surface area contributed by atoms with E-state index in [4.69, 9.17) is 10.2 Å². The Morgan fingerprint density at radius 1 is 1.27 bits per heavy atom. The van der Waals surface area contributed by atoms with Crippen molar-refractivity contribution in [3.05, 3.63) is 45.3 Å². The van der Waals surface area contributed by atoms with E-state index >= 15 is 0 Å². The standard InChI is InChI=1S/C17H22N2O2S/c1-10(2)8-19-17(18)22-9-13-7-16(20)21-15-6-12(4)11(3)5-14(13)15/h5-7,10H,8-9H2,1-4H3,(H2,18,19). The van der Waals surface area contributed by atoms with Crippen LogP contribution in [0.2, 0.25) is 0 Å². The number of hydrogen-bond acceptors (Lipinski definition) is 4. The van der Waals surface area contributed by atoms with Crippen molar-refractivity contribution in [1.29, 1.82) is 0 Å². The van der Waals surface area contributed by atoms with Gasteiger partial charge in [0.25, 0.3) is 0 Å². The zero-order chi connectivity index (χ0) is 16.3. The summed E-state index contributed by atoms with van der Waals surface area (Å²) in [4.78, 5) is 16.1. The average Bonchev–Trinajstić information content (AvgIpc) is 2.44. The van der Waals surface area contributed by atoms with Crippen molar-refractivity contribution in [3.63, 3.8) is 0 Å². The summed E-state index contributed by atoms with van der Waals surface area (Å²) < 4.78 is 5.30. The molecule has 2 rings (SSSR count). The van der Waals surface area contributed by atoms with Gasteiger partial charge in [0.1, 0.15) is 5.58 Å². The van der Waals surface area contributed by atoms with Crippen molar-refractivity contribution in [2.75, 3.05) is 6.54 Å². The molecule has 0 radical (unpaired) electrons. The number of aryl methyl sites for hydroxylation is 2. The van der Waals surface area contributed by atoms with Crippen molar-refractivity contribution < 1.29 is 4.42 Å². The summed E-state index contributed by atoms with van der Waals surface area (Å²) in [7, 11) is 0. The Morgan fingerprint density at radius 2 is 1.95 bits per heavy atom. The highest BCUT2D eigenvalue weighted by molar-refractivity contribution is 8.13. The topological polar surface area (TPSA) is 68.6 Å². The van der Waals surface area contributed by atoms with Crippen molar-refractivity contribution in [2.45, 2.75) is 33.4 Å². The summed E-state index contributed by atoms with van der Waals surface area (Å²) in [5.74, 6) is 1.09. The molecule has 0 aliphatic rings. The molecule has 118 valence electrons. The number of nitrogens with zero attached hydrogens (tertiary/aromatic N) is 1. The highest BCUT2D eigenvalue weighted by atomic mass is 32.2. The maximum atomic E-state index is 11.7. The van der Waals surface area contributed by atoms with E-state index in [1.807, 2.05) is 13.0 Å². The quantitative estimate of drug-likeness (QED) is 0.531. The number of thioether (sulfide) groups is 1. The van der Waals surface area contributed by atoms with E-state index in [0.717, 1.165) is 23.1 Å². The van der Waals surface area contributed by atoms with Crippen molar-refractivity contribution >= 4 is 27.9 Å². The lowest BCUT2D eigenvalue weighted by Crippen LogP contribution is -2.10. The molecular weight excluding hydrogens is 296 g/mol. The third-order valence-electron chi connectivity index (χ3n) is 3.43. The first-order valence-electron chi connectivity index (χ1n) is 7.33. The first-order chi connectivity index (χ1) is 10.4. The van der Waals surface area contributed by atoms with E-state index in [0.29, 0.717) is 22.4 Å². The first kappa shape index (κ1) is 16.6. The van der Waals surface area contributed by atoms with Crippen LogP contribution in [0.25, 0.3) is 11.0 Å². The summed E-state index contributed by atoms with van der Waals surface area (Å²) in [5, 5.41) is 1.52. The van der Waals surface area contributed by atoms with Crippen LogP contribution in [0.5, 0.6) is 0 Å². The number of hydrogen-bond donors (Lipinski definition) is 1. The summed E-state index contributed by atoms with van der Waals surface area (Å²) in [6.45, 7) is 8.97. The van der Waals surface area contributed by atoms with Crippen LogP contribution in [-0.2, 0) is 5.75 Å². The Balaban J connectivity index is 2.29. The summed E-state index contributed by atoms with van der Waals surface area (Å²) in [5.41, 5.74) is 9.43. The molecule has 0 spiro atoms. The number of amidine groups is 1. The molecular formula is C17H22N2O2S. The van der Waals surface area contributed by atoms with Crippen molar-refractivity contribution in [2.24, 2.45) is 16.6 Å². The summed E-state index contributed by atoms with van der Waals surface area (Å²) in [6.07, 6.45) is 0. The van der Waals surface area contributed by atoms with Gasteiger partial charge in [-0.3, -0.25) is 4.99 Å². The minimum atomic E-state index is -0.330. The van der Waals surface area contributed by atoms with Crippen LogP contribution in [0.1, 0.15) is 30.5 Å².